The lowest BCUT2D eigenvalue weighted by atomic mass is 10.3. The van der Waals surface area contributed by atoms with Crippen LogP contribution in [-0.2, 0) is 13.2 Å². The van der Waals surface area contributed by atoms with Gasteiger partial charge in [0.1, 0.15) is 17.4 Å². The molecule has 1 fully saturated rings. The maximum atomic E-state index is 5.74. The highest BCUT2D eigenvalue weighted by atomic mass is 127. The van der Waals surface area contributed by atoms with Crippen molar-refractivity contribution in [1.82, 2.24) is 10.3 Å². The standard InChI is InChI=1S/C14H15IN2OS/c15-10-2-1-3-13(6-10)18-8-12-9-19-14(17-12)7-16-11-4-5-11/h1-3,6,9,11,16H,4-5,7-8H2. The first kappa shape index (κ1) is 13.3. The summed E-state index contributed by atoms with van der Waals surface area (Å²) in [6.07, 6.45) is 2.63. The quantitative estimate of drug-likeness (QED) is 0.771. The molecule has 2 aromatic rings. The monoisotopic (exact) mass is 386 g/mol. The van der Waals surface area contributed by atoms with E-state index >= 15 is 0 Å². The first-order valence-electron chi connectivity index (χ1n) is 6.34. The SMILES string of the molecule is Ic1cccc(OCc2csc(CNC3CC3)n2)c1. The number of hydrogen-bond acceptors (Lipinski definition) is 4. The molecule has 0 atom stereocenters. The summed E-state index contributed by atoms with van der Waals surface area (Å²) in [5, 5.41) is 6.70. The van der Waals surface area contributed by atoms with Crippen molar-refractivity contribution in [2.24, 2.45) is 0 Å². The molecule has 1 aromatic heterocycles. The molecule has 1 aliphatic rings. The first-order chi connectivity index (χ1) is 9.29. The van der Waals surface area contributed by atoms with Gasteiger partial charge in [-0.2, -0.15) is 0 Å². The number of aromatic nitrogens is 1. The largest absolute Gasteiger partial charge is 0.487 e. The van der Waals surface area contributed by atoms with Crippen LogP contribution in [0.5, 0.6) is 5.75 Å². The number of halogens is 1. The average molecular weight is 386 g/mol. The van der Waals surface area contributed by atoms with E-state index in [1.807, 2.05) is 18.2 Å². The van der Waals surface area contributed by atoms with Crippen LogP contribution in [0, 0.1) is 3.57 Å². The zero-order valence-electron chi connectivity index (χ0n) is 10.4. The van der Waals surface area contributed by atoms with E-state index in [9.17, 15) is 0 Å². The molecular formula is C14H15IN2OS. The third-order valence-electron chi connectivity index (χ3n) is 2.90. The Hall–Kier alpha value is -0.660. The second-order valence-corrected chi connectivity index (χ2v) is 6.82. The Kier molecular flexibility index (Phi) is 4.35. The van der Waals surface area contributed by atoms with Gasteiger partial charge < -0.3 is 10.1 Å². The predicted octanol–water partition coefficient (Wildman–Crippen LogP) is 3.58. The van der Waals surface area contributed by atoms with Crippen LogP contribution < -0.4 is 10.1 Å². The number of thiazole rings is 1. The normalized spacial score (nSPS) is 14.6. The minimum atomic E-state index is 0.542. The van der Waals surface area contributed by atoms with Gasteiger partial charge in [-0.15, -0.1) is 11.3 Å². The third-order valence-corrected chi connectivity index (χ3v) is 4.47. The van der Waals surface area contributed by atoms with E-state index in [0.717, 1.165) is 29.0 Å². The van der Waals surface area contributed by atoms with Gasteiger partial charge in [-0.25, -0.2) is 4.98 Å². The Bertz CT molecular complexity index is 554. The molecule has 19 heavy (non-hydrogen) atoms. The summed E-state index contributed by atoms with van der Waals surface area (Å²) in [7, 11) is 0. The molecule has 0 amide bonds. The molecule has 5 heteroatoms. The molecule has 0 unspecified atom stereocenters. The highest BCUT2D eigenvalue weighted by molar-refractivity contribution is 14.1. The first-order valence-corrected chi connectivity index (χ1v) is 8.30. The maximum Gasteiger partial charge on any atom is 0.131 e. The van der Waals surface area contributed by atoms with Crippen LogP contribution in [-0.4, -0.2) is 11.0 Å². The highest BCUT2D eigenvalue weighted by Gasteiger charge is 2.20. The number of nitrogens with zero attached hydrogens (tertiary/aromatic N) is 1. The topological polar surface area (TPSA) is 34.1 Å². The van der Waals surface area contributed by atoms with Gasteiger partial charge in [0.05, 0.1) is 5.69 Å². The number of rotatable bonds is 6. The Balaban J connectivity index is 1.51. The van der Waals surface area contributed by atoms with Gasteiger partial charge in [-0.05, 0) is 53.6 Å². The van der Waals surface area contributed by atoms with Crippen molar-refractivity contribution in [3.05, 3.63) is 43.9 Å². The van der Waals surface area contributed by atoms with E-state index in [0.29, 0.717) is 6.61 Å². The van der Waals surface area contributed by atoms with Gasteiger partial charge in [0.2, 0.25) is 0 Å². The van der Waals surface area contributed by atoms with Crippen molar-refractivity contribution in [1.29, 1.82) is 0 Å². The van der Waals surface area contributed by atoms with E-state index in [1.54, 1.807) is 11.3 Å². The van der Waals surface area contributed by atoms with Crippen molar-refractivity contribution in [3.8, 4) is 5.75 Å². The summed E-state index contributed by atoms with van der Waals surface area (Å²) in [6, 6.07) is 8.79. The molecule has 1 saturated carbocycles. The van der Waals surface area contributed by atoms with Crippen LogP contribution in [0.3, 0.4) is 0 Å². The Labute approximate surface area is 130 Å². The molecule has 0 spiro atoms. The second kappa shape index (κ2) is 6.19. The average Bonchev–Trinajstić information content (AvgIpc) is 3.13. The smallest absolute Gasteiger partial charge is 0.131 e. The van der Waals surface area contributed by atoms with Crippen LogP contribution in [0.2, 0.25) is 0 Å². The molecule has 0 aliphatic heterocycles. The number of nitrogens with one attached hydrogen (secondary N) is 1. The fourth-order valence-corrected chi connectivity index (χ4v) is 2.97. The van der Waals surface area contributed by atoms with Gasteiger partial charge in [0.15, 0.2) is 0 Å². The molecule has 0 bridgehead atoms. The van der Waals surface area contributed by atoms with Gasteiger partial charge in [-0.1, -0.05) is 6.07 Å². The van der Waals surface area contributed by atoms with Crippen molar-refractivity contribution in [3.63, 3.8) is 0 Å². The molecule has 0 radical (unpaired) electrons. The van der Waals surface area contributed by atoms with E-state index in [1.165, 1.54) is 16.4 Å². The third kappa shape index (κ3) is 4.15. The Morgan fingerprint density at radius 1 is 1.42 bits per heavy atom. The summed E-state index contributed by atoms with van der Waals surface area (Å²) in [4.78, 5) is 4.58. The summed E-state index contributed by atoms with van der Waals surface area (Å²) in [6.45, 7) is 1.43. The molecule has 100 valence electrons. The summed E-state index contributed by atoms with van der Waals surface area (Å²) in [5.41, 5.74) is 1.01. The van der Waals surface area contributed by atoms with Crippen molar-refractivity contribution >= 4 is 33.9 Å². The molecule has 3 rings (SSSR count). The minimum absolute atomic E-state index is 0.542. The molecule has 3 nitrogen and oxygen atoms in total. The summed E-state index contributed by atoms with van der Waals surface area (Å²) < 4.78 is 6.93. The van der Waals surface area contributed by atoms with Gasteiger partial charge in [0.25, 0.3) is 0 Å². The van der Waals surface area contributed by atoms with Crippen LogP contribution in [0.25, 0.3) is 0 Å². The maximum absolute atomic E-state index is 5.74. The lowest BCUT2D eigenvalue weighted by Crippen LogP contribution is -2.15. The lowest BCUT2D eigenvalue weighted by molar-refractivity contribution is 0.301. The van der Waals surface area contributed by atoms with E-state index in [-0.39, 0.29) is 0 Å². The Morgan fingerprint density at radius 2 is 2.32 bits per heavy atom. The van der Waals surface area contributed by atoms with E-state index in [4.69, 9.17) is 4.74 Å². The molecular weight excluding hydrogens is 371 g/mol. The fraction of sp³-hybridized carbons (Fsp3) is 0.357. The van der Waals surface area contributed by atoms with Crippen LogP contribution >= 0.6 is 33.9 Å². The summed E-state index contributed by atoms with van der Waals surface area (Å²) >= 11 is 3.99. The zero-order chi connectivity index (χ0) is 13.1. The van der Waals surface area contributed by atoms with Gasteiger partial charge in [-0.3, -0.25) is 0 Å². The molecule has 1 N–H and O–H groups in total. The van der Waals surface area contributed by atoms with E-state index in [2.05, 4.69) is 44.3 Å². The number of hydrogen-bond donors (Lipinski definition) is 1. The fourth-order valence-electron chi connectivity index (χ4n) is 1.73. The number of benzene rings is 1. The predicted molar refractivity (Wildman–Crippen MR) is 85.5 cm³/mol. The van der Waals surface area contributed by atoms with Crippen LogP contribution in [0.4, 0.5) is 0 Å². The molecule has 1 aromatic carbocycles. The van der Waals surface area contributed by atoms with Crippen LogP contribution in [0.15, 0.2) is 29.6 Å². The van der Waals surface area contributed by atoms with Crippen molar-refractivity contribution in [2.75, 3.05) is 0 Å². The lowest BCUT2D eigenvalue weighted by Gasteiger charge is -2.04. The minimum Gasteiger partial charge on any atom is -0.487 e. The molecule has 0 saturated heterocycles. The Morgan fingerprint density at radius 3 is 3.11 bits per heavy atom. The zero-order valence-corrected chi connectivity index (χ0v) is 13.4. The molecule has 1 heterocycles. The van der Waals surface area contributed by atoms with E-state index < -0.39 is 0 Å². The van der Waals surface area contributed by atoms with Gasteiger partial charge >= 0.3 is 0 Å². The van der Waals surface area contributed by atoms with Crippen LogP contribution in [0.1, 0.15) is 23.5 Å². The second-order valence-electron chi connectivity index (χ2n) is 4.63. The van der Waals surface area contributed by atoms with Gasteiger partial charge in [0, 0.05) is 21.5 Å². The molecule has 1 aliphatic carbocycles. The highest BCUT2D eigenvalue weighted by Crippen LogP contribution is 2.20. The van der Waals surface area contributed by atoms with Crippen molar-refractivity contribution in [2.45, 2.75) is 32.0 Å². The number of ether oxygens (including phenoxy) is 1. The summed E-state index contributed by atoms with van der Waals surface area (Å²) in [5.74, 6) is 0.901. The van der Waals surface area contributed by atoms with Crippen molar-refractivity contribution < 1.29 is 4.74 Å².